The summed E-state index contributed by atoms with van der Waals surface area (Å²) in [5, 5.41) is 3.64. The first-order valence-corrected chi connectivity index (χ1v) is 8.23. The Bertz CT molecular complexity index is 705. The SMILES string of the molecule is CC(NC(=O)C1CC(c2ccc(Cl)cc2)NN1)c1ccc(F)cc1. The summed E-state index contributed by atoms with van der Waals surface area (Å²) in [7, 11) is 0. The normalized spacial score (nSPS) is 21.5. The van der Waals surface area contributed by atoms with Crippen LogP contribution in [0.1, 0.15) is 36.6 Å². The maximum absolute atomic E-state index is 13.0. The van der Waals surface area contributed by atoms with Crippen LogP contribution in [0.2, 0.25) is 5.02 Å². The van der Waals surface area contributed by atoms with Crippen molar-refractivity contribution in [2.24, 2.45) is 0 Å². The molecule has 126 valence electrons. The van der Waals surface area contributed by atoms with Gasteiger partial charge in [0.25, 0.3) is 0 Å². The van der Waals surface area contributed by atoms with Crippen LogP contribution in [0.5, 0.6) is 0 Å². The first kappa shape index (κ1) is 16.9. The second-order valence-electron chi connectivity index (χ2n) is 5.96. The van der Waals surface area contributed by atoms with Crippen LogP contribution in [0.4, 0.5) is 4.39 Å². The number of hydrogen-bond acceptors (Lipinski definition) is 3. The van der Waals surface area contributed by atoms with E-state index in [1.54, 1.807) is 12.1 Å². The number of hydrogen-bond donors (Lipinski definition) is 3. The van der Waals surface area contributed by atoms with Gasteiger partial charge in [-0.1, -0.05) is 35.9 Å². The molecule has 3 atom stereocenters. The van der Waals surface area contributed by atoms with E-state index in [1.807, 2.05) is 31.2 Å². The Morgan fingerprint density at radius 2 is 1.83 bits per heavy atom. The Morgan fingerprint density at radius 3 is 2.50 bits per heavy atom. The highest BCUT2D eigenvalue weighted by atomic mass is 35.5. The van der Waals surface area contributed by atoms with E-state index >= 15 is 0 Å². The lowest BCUT2D eigenvalue weighted by Gasteiger charge is -2.17. The molecule has 1 aliphatic rings. The van der Waals surface area contributed by atoms with E-state index in [9.17, 15) is 9.18 Å². The van der Waals surface area contributed by atoms with Gasteiger partial charge in [0.05, 0.1) is 6.04 Å². The topological polar surface area (TPSA) is 53.2 Å². The van der Waals surface area contributed by atoms with Gasteiger partial charge in [-0.15, -0.1) is 0 Å². The molecule has 0 aromatic heterocycles. The smallest absolute Gasteiger partial charge is 0.239 e. The molecule has 24 heavy (non-hydrogen) atoms. The van der Waals surface area contributed by atoms with Crippen molar-refractivity contribution < 1.29 is 9.18 Å². The molecule has 3 unspecified atom stereocenters. The minimum Gasteiger partial charge on any atom is -0.348 e. The lowest BCUT2D eigenvalue weighted by molar-refractivity contribution is -0.123. The molecule has 0 saturated carbocycles. The highest BCUT2D eigenvalue weighted by molar-refractivity contribution is 6.30. The van der Waals surface area contributed by atoms with Gasteiger partial charge < -0.3 is 5.32 Å². The van der Waals surface area contributed by atoms with Gasteiger partial charge in [-0.05, 0) is 48.7 Å². The Hall–Kier alpha value is -1.95. The molecular formula is C18H19ClFN3O. The van der Waals surface area contributed by atoms with Crippen molar-refractivity contribution in [3.05, 3.63) is 70.5 Å². The molecule has 0 radical (unpaired) electrons. The van der Waals surface area contributed by atoms with Gasteiger partial charge >= 0.3 is 0 Å². The summed E-state index contributed by atoms with van der Waals surface area (Å²) in [5.41, 5.74) is 8.11. The number of halogens is 2. The molecule has 6 heteroatoms. The molecular weight excluding hydrogens is 329 g/mol. The maximum atomic E-state index is 13.0. The van der Waals surface area contributed by atoms with Gasteiger partial charge in [-0.2, -0.15) is 0 Å². The van der Waals surface area contributed by atoms with Gasteiger partial charge in [-0.3, -0.25) is 4.79 Å². The summed E-state index contributed by atoms with van der Waals surface area (Å²) < 4.78 is 13.0. The molecule has 3 N–H and O–H groups in total. The Labute approximate surface area is 145 Å². The van der Waals surface area contributed by atoms with Crippen LogP contribution in [-0.2, 0) is 4.79 Å². The average molecular weight is 348 g/mol. The van der Waals surface area contributed by atoms with Crippen LogP contribution < -0.4 is 16.2 Å². The molecule has 1 amide bonds. The first-order valence-electron chi connectivity index (χ1n) is 7.85. The van der Waals surface area contributed by atoms with Gasteiger partial charge in [-0.25, -0.2) is 15.2 Å². The Morgan fingerprint density at radius 1 is 1.17 bits per heavy atom. The fourth-order valence-electron chi connectivity index (χ4n) is 2.79. The lowest BCUT2D eigenvalue weighted by atomic mass is 10.0. The monoisotopic (exact) mass is 347 g/mol. The minimum absolute atomic E-state index is 0.0548. The Kier molecular flexibility index (Phi) is 5.14. The standard InChI is InChI=1S/C18H19ClFN3O/c1-11(12-4-8-15(20)9-5-12)21-18(24)17-10-16(22-23-17)13-2-6-14(19)7-3-13/h2-9,11,16-17,22-23H,10H2,1H3,(H,21,24). The molecule has 0 spiro atoms. The highest BCUT2D eigenvalue weighted by Crippen LogP contribution is 2.24. The average Bonchev–Trinajstić information content (AvgIpc) is 3.06. The van der Waals surface area contributed by atoms with E-state index in [4.69, 9.17) is 11.6 Å². The van der Waals surface area contributed by atoms with Crippen LogP contribution in [0.15, 0.2) is 48.5 Å². The molecule has 0 aliphatic carbocycles. The number of hydrazine groups is 1. The number of benzene rings is 2. The lowest BCUT2D eigenvalue weighted by Crippen LogP contribution is -2.43. The van der Waals surface area contributed by atoms with Crippen molar-refractivity contribution in [1.29, 1.82) is 0 Å². The number of carbonyl (C=O) groups is 1. The number of nitrogens with one attached hydrogen (secondary N) is 3. The zero-order chi connectivity index (χ0) is 17.1. The summed E-state index contributed by atoms with van der Waals surface area (Å²) in [6.45, 7) is 1.88. The van der Waals surface area contributed by atoms with Gasteiger partial charge in [0.15, 0.2) is 0 Å². The summed E-state index contributed by atoms with van der Waals surface area (Å²) in [5.74, 6) is -0.375. The molecule has 1 aliphatic heterocycles. The molecule has 2 aromatic rings. The summed E-state index contributed by atoms with van der Waals surface area (Å²) in [4.78, 5) is 12.4. The van der Waals surface area contributed by atoms with E-state index in [2.05, 4.69) is 16.2 Å². The molecule has 1 saturated heterocycles. The number of carbonyl (C=O) groups excluding carboxylic acids is 1. The minimum atomic E-state index is -0.325. The second kappa shape index (κ2) is 7.30. The molecule has 4 nitrogen and oxygen atoms in total. The van der Waals surface area contributed by atoms with Crippen molar-refractivity contribution in [2.45, 2.75) is 31.5 Å². The summed E-state index contributed by atoms with van der Waals surface area (Å²) in [6, 6.07) is 13.3. The summed E-state index contributed by atoms with van der Waals surface area (Å²) in [6.07, 6.45) is 0.642. The fraction of sp³-hybridized carbons (Fsp3) is 0.278. The first-order chi connectivity index (χ1) is 11.5. The fourth-order valence-corrected chi connectivity index (χ4v) is 2.92. The van der Waals surface area contributed by atoms with Crippen molar-refractivity contribution in [2.75, 3.05) is 0 Å². The third kappa shape index (κ3) is 3.93. The third-order valence-corrected chi connectivity index (χ3v) is 4.47. The molecule has 2 aromatic carbocycles. The van der Waals surface area contributed by atoms with E-state index in [0.717, 1.165) is 11.1 Å². The maximum Gasteiger partial charge on any atom is 0.239 e. The van der Waals surface area contributed by atoms with Gasteiger partial charge in [0.1, 0.15) is 11.9 Å². The van der Waals surface area contributed by atoms with E-state index in [1.165, 1.54) is 12.1 Å². The predicted octanol–water partition coefficient (Wildman–Crippen LogP) is 3.26. The van der Waals surface area contributed by atoms with Crippen LogP contribution in [0, 0.1) is 5.82 Å². The third-order valence-electron chi connectivity index (χ3n) is 4.22. The van der Waals surface area contributed by atoms with Crippen LogP contribution in [-0.4, -0.2) is 11.9 Å². The Balaban J connectivity index is 1.58. The van der Waals surface area contributed by atoms with Crippen molar-refractivity contribution in [3.63, 3.8) is 0 Å². The van der Waals surface area contributed by atoms with E-state index in [0.29, 0.717) is 11.4 Å². The molecule has 0 bridgehead atoms. The number of amides is 1. The van der Waals surface area contributed by atoms with Crippen LogP contribution in [0.3, 0.4) is 0 Å². The largest absolute Gasteiger partial charge is 0.348 e. The van der Waals surface area contributed by atoms with Crippen LogP contribution >= 0.6 is 11.6 Å². The predicted molar refractivity (Wildman–Crippen MR) is 91.8 cm³/mol. The van der Waals surface area contributed by atoms with Crippen molar-refractivity contribution in [3.8, 4) is 0 Å². The zero-order valence-electron chi connectivity index (χ0n) is 13.2. The zero-order valence-corrected chi connectivity index (χ0v) is 14.0. The molecule has 1 heterocycles. The van der Waals surface area contributed by atoms with Crippen molar-refractivity contribution in [1.82, 2.24) is 16.2 Å². The second-order valence-corrected chi connectivity index (χ2v) is 6.40. The quantitative estimate of drug-likeness (QED) is 0.795. The highest BCUT2D eigenvalue weighted by Gasteiger charge is 2.30. The van der Waals surface area contributed by atoms with Crippen LogP contribution in [0.25, 0.3) is 0 Å². The molecule has 1 fully saturated rings. The molecule has 3 rings (SSSR count). The van der Waals surface area contributed by atoms with E-state index in [-0.39, 0.29) is 29.8 Å². The summed E-state index contributed by atoms with van der Waals surface area (Å²) >= 11 is 5.90. The van der Waals surface area contributed by atoms with Gasteiger partial charge in [0.2, 0.25) is 5.91 Å². The van der Waals surface area contributed by atoms with Gasteiger partial charge in [0, 0.05) is 11.1 Å². The van der Waals surface area contributed by atoms with Crippen molar-refractivity contribution >= 4 is 17.5 Å². The number of rotatable bonds is 4. The van der Waals surface area contributed by atoms with E-state index < -0.39 is 0 Å².